The van der Waals surface area contributed by atoms with Gasteiger partial charge in [-0.2, -0.15) is 0 Å². The van der Waals surface area contributed by atoms with Crippen molar-refractivity contribution in [1.82, 2.24) is 0 Å². The molecule has 3 nitrogen and oxygen atoms in total. The number of nitrogens with one attached hydrogen (secondary N) is 1. The van der Waals surface area contributed by atoms with Gasteiger partial charge in [-0.05, 0) is 42.5 Å². The minimum atomic E-state index is -0.368. The van der Waals surface area contributed by atoms with Crippen molar-refractivity contribution in [2.75, 3.05) is 5.32 Å². The Morgan fingerprint density at radius 2 is 1.58 bits per heavy atom. The molecular formula is C19H11Cl4NO2. The Kier molecular flexibility index (Phi) is 5.94. The van der Waals surface area contributed by atoms with Gasteiger partial charge in [-0.3, -0.25) is 4.79 Å². The van der Waals surface area contributed by atoms with Crippen molar-refractivity contribution in [2.24, 2.45) is 0 Å². The normalized spacial score (nSPS) is 11.1. The van der Waals surface area contributed by atoms with E-state index in [0.29, 0.717) is 37.8 Å². The van der Waals surface area contributed by atoms with Crippen LogP contribution in [-0.2, 0) is 4.79 Å². The van der Waals surface area contributed by atoms with E-state index in [1.165, 1.54) is 12.2 Å². The molecule has 0 unspecified atom stereocenters. The van der Waals surface area contributed by atoms with Gasteiger partial charge in [0.1, 0.15) is 11.5 Å². The van der Waals surface area contributed by atoms with Gasteiger partial charge < -0.3 is 9.73 Å². The summed E-state index contributed by atoms with van der Waals surface area (Å²) in [6.07, 6.45) is 2.87. The van der Waals surface area contributed by atoms with E-state index >= 15 is 0 Å². The molecule has 3 aromatic rings. The fourth-order valence-electron chi connectivity index (χ4n) is 2.21. The number of hydrogen-bond acceptors (Lipinski definition) is 2. The van der Waals surface area contributed by atoms with Gasteiger partial charge in [0.05, 0.1) is 25.8 Å². The summed E-state index contributed by atoms with van der Waals surface area (Å²) in [6, 6.07) is 13.8. The minimum Gasteiger partial charge on any atom is -0.457 e. The Labute approximate surface area is 170 Å². The summed E-state index contributed by atoms with van der Waals surface area (Å²) >= 11 is 24.2. The maximum Gasteiger partial charge on any atom is 0.248 e. The summed E-state index contributed by atoms with van der Waals surface area (Å²) in [5, 5.41) is 4.15. The molecule has 0 bridgehead atoms. The molecule has 0 spiro atoms. The zero-order valence-corrected chi connectivity index (χ0v) is 16.1. The fourth-order valence-corrected chi connectivity index (χ4v) is 2.96. The molecule has 0 saturated heterocycles. The molecule has 0 saturated carbocycles. The van der Waals surface area contributed by atoms with Crippen LogP contribution in [0.5, 0.6) is 0 Å². The van der Waals surface area contributed by atoms with Crippen LogP contribution in [0, 0.1) is 0 Å². The van der Waals surface area contributed by atoms with E-state index in [9.17, 15) is 4.79 Å². The average Bonchev–Trinajstić information content (AvgIpc) is 3.08. The first-order chi connectivity index (χ1) is 12.5. The van der Waals surface area contributed by atoms with E-state index in [1.807, 2.05) is 0 Å². The smallest absolute Gasteiger partial charge is 0.248 e. The largest absolute Gasteiger partial charge is 0.457 e. The number of amides is 1. The van der Waals surface area contributed by atoms with Crippen LogP contribution in [0.4, 0.5) is 5.69 Å². The van der Waals surface area contributed by atoms with E-state index in [0.717, 1.165) is 0 Å². The second-order valence-corrected chi connectivity index (χ2v) is 6.80. The van der Waals surface area contributed by atoms with Crippen molar-refractivity contribution in [3.8, 4) is 11.3 Å². The molecule has 0 radical (unpaired) electrons. The first kappa shape index (κ1) is 18.9. The molecule has 7 heteroatoms. The van der Waals surface area contributed by atoms with Crippen molar-refractivity contribution in [3.05, 3.63) is 80.5 Å². The Bertz CT molecular complexity index is 995. The highest BCUT2D eigenvalue weighted by Crippen LogP contribution is 2.34. The summed E-state index contributed by atoms with van der Waals surface area (Å²) < 4.78 is 5.69. The zero-order chi connectivity index (χ0) is 18.7. The van der Waals surface area contributed by atoms with Gasteiger partial charge in [0.25, 0.3) is 0 Å². The number of hydrogen-bond donors (Lipinski definition) is 1. The average molecular weight is 427 g/mol. The lowest BCUT2D eigenvalue weighted by atomic mass is 10.2. The highest BCUT2D eigenvalue weighted by molar-refractivity contribution is 6.44. The molecule has 0 atom stereocenters. The van der Waals surface area contributed by atoms with E-state index in [-0.39, 0.29) is 10.9 Å². The zero-order valence-electron chi connectivity index (χ0n) is 13.1. The first-order valence-corrected chi connectivity index (χ1v) is 8.94. The fraction of sp³-hybridized carbons (Fsp3) is 0. The Hall–Kier alpha value is -1.91. The molecule has 2 aromatic carbocycles. The van der Waals surface area contributed by atoms with Crippen molar-refractivity contribution in [3.63, 3.8) is 0 Å². The molecule has 1 aromatic heterocycles. The molecule has 26 heavy (non-hydrogen) atoms. The monoisotopic (exact) mass is 425 g/mol. The Morgan fingerprint density at radius 3 is 2.35 bits per heavy atom. The van der Waals surface area contributed by atoms with Gasteiger partial charge in [-0.25, -0.2) is 0 Å². The molecule has 1 amide bonds. The molecule has 0 aliphatic heterocycles. The van der Waals surface area contributed by atoms with Crippen molar-refractivity contribution in [1.29, 1.82) is 0 Å². The summed E-state index contributed by atoms with van der Waals surface area (Å²) in [6.45, 7) is 0. The lowest BCUT2D eigenvalue weighted by Crippen LogP contribution is -2.08. The van der Waals surface area contributed by atoms with Gasteiger partial charge in [-0.1, -0.05) is 58.5 Å². The van der Waals surface area contributed by atoms with Crippen molar-refractivity contribution >= 4 is 64.1 Å². The van der Waals surface area contributed by atoms with Crippen LogP contribution in [0.3, 0.4) is 0 Å². The molecule has 132 valence electrons. The summed E-state index contributed by atoms with van der Waals surface area (Å²) in [5.41, 5.74) is 1.11. The molecular weight excluding hydrogens is 416 g/mol. The molecule has 0 fully saturated rings. The second kappa shape index (κ2) is 8.19. The van der Waals surface area contributed by atoms with Gasteiger partial charge >= 0.3 is 0 Å². The number of carbonyl (C=O) groups is 1. The van der Waals surface area contributed by atoms with E-state index < -0.39 is 0 Å². The third-order valence-corrected chi connectivity index (χ3v) is 5.09. The van der Waals surface area contributed by atoms with Crippen molar-refractivity contribution < 1.29 is 9.21 Å². The van der Waals surface area contributed by atoms with E-state index in [4.69, 9.17) is 50.8 Å². The van der Waals surface area contributed by atoms with Crippen LogP contribution >= 0.6 is 46.4 Å². The van der Waals surface area contributed by atoms with Crippen LogP contribution in [0.15, 0.2) is 59.0 Å². The predicted octanol–water partition coefficient (Wildman–Crippen LogP) is 7.21. The van der Waals surface area contributed by atoms with E-state index in [1.54, 1.807) is 48.5 Å². The maximum atomic E-state index is 12.0. The topological polar surface area (TPSA) is 42.2 Å². The number of furan rings is 1. The number of anilines is 1. The van der Waals surface area contributed by atoms with Crippen LogP contribution in [0.2, 0.25) is 20.1 Å². The SMILES string of the molecule is O=C(C=Cc1ccc(-c2cccc(Cl)c2Cl)o1)Nc1cccc(Cl)c1Cl. The second-order valence-electron chi connectivity index (χ2n) is 5.23. The minimum absolute atomic E-state index is 0.284. The Morgan fingerprint density at radius 1 is 0.885 bits per heavy atom. The van der Waals surface area contributed by atoms with Gasteiger partial charge in [0, 0.05) is 11.6 Å². The highest BCUT2D eigenvalue weighted by Gasteiger charge is 2.10. The maximum absolute atomic E-state index is 12.0. The number of rotatable bonds is 4. The lowest BCUT2D eigenvalue weighted by Gasteiger charge is -2.05. The summed E-state index contributed by atoms with van der Waals surface area (Å²) in [7, 11) is 0. The summed E-state index contributed by atoms with van der Waals surface area (Å²) in [4.78, 5) is 12.0. The van der Waals surface area contributed by atoms with E-state index in [2.05, 4.69) is 5.32 Å². The third kappa shape index (κ3) is 4.25. The highest BCUT2D eigenvalue weighted by atomic mass is 35.5. The lowest BCUT2D eigenvalue weighted by molar-refractivity contribution is -0.111. The van der Waals surface area contributed by atoms with Crippen LogP contribution in [0.1, 0.15) is 5.76 Å². The standard InChI is InChI=1S/C19H11Cl4NO2/c20-13-4-1-3-12(18(13)22)16-9-7-11(26-16)8-10-17(25)24-15-6-2-5-14(21)19(15)23/h1-10H,(H,24,25). The molecule has 3 rings (SSSR count). The number of carbonyl (C=O) groups excluding carboxylic acids is 1. The molecule has 1 heterocycles. The van der Waals surface area contributed by atoms with Gasteiger partial charge in [0.15, 0.2) is 0 Å². The molecule has 0 aliphatic rings. The summed E-state index contributed by atoms with van der Waals surface area (Å²) in [5.74, 6) is 0.673. The molecule has 1 N–H and O–H groups in total. The third-order valence-electron chi connectivity index (χ3n) is 3.45. The van der Waals surface area contributed by atoms with Crippen LogP contribution in [-0.4, -0.2) is 5.91 Å². The van der Waals surface area contributed by atoms with Crippen molar-refractivity contribution in [2.45, 2.75) is 0 Å². The van der Waals surface area contributed by atoms with Crippen LogP contribution in [0.25, 0.3) is 17.4 Å². The Balaban J connectivity index is 1.73. The van der Waals surface area contributed by atoms with Gasteiger partial charge in [-0.15, -0.1) is 0 Å². The first-order valence-electron chi connectivity index (χ1n) is 7.43. The number of benzene rings is 2. The molecule has 0 aliphatic carbocycles. The van der Waals surface area contributed by atoms with Crippen LogP contribution < -0.4 is 5.32 Å². The predicted molar refractivity (Wildman–Crippen MR) is 108 cm³/mol. The quantitative estimate of drug-likeness (QED) is 0.447. The number of halogens is 4. The van der Waals surface area contributed by atoms with Gasteiger partial charge in [0.2, 0.25) is 5.91 Å².